The summed E-state index contributed by atoms with van der Waals surface area (Å²) in [5.41, 5.74) is 7.93. The van der Waals surface area contributed by atoms with Crippen molar-refractivity contribution in [2.24, 2.45) is 0 Å². The van der Waals surface area contributed by atoms with E-state index in [2.05, 4.69) is 26.0 Å². The minimum Gasteiger partial charge on any atom is -0.478 e. The van der Waals surface area contributed by atoms with Gasteiger partial charge in [0.1, 0.15) is 11.0 Å². The highest BCUT2D eigenvalue weighted by Gasteiger charge is 2.14. The quantitative estimate of drug-likeness (QED) is 0.349. The van der Waals surface area contributed by atoms with Crippen molar-refractivity contribution in [1.82, 2.24) is 4.72 Å². The molecule has 160 valence electrons. The zero-order chi connectivity index (χ0) is 22.4. The van der Waals surface area contributed by atoms with E-state index in [1.807, 2.05) is 24.3 Å². The van der Waals surface area contributed by atoms with E-state index in [0.29, 0.717) is 33.6 Å². The topological polar surface area (TPSA) is 122 Å². The molecule has 0 aromatic heterocycles. The molecular weight excluding hydrogens is 482 g/mol. The monoisotopic (exact) mass is 501 g/mol. The van der Waals surface area contributed by atoms with Crippen LogP contribution in [0.15, 0.2) is 76.1 Å². The number of hydrogen-bond donors (Lipinski definition) is 4. The first kappa shape index (κ1) is 22.7. The average Bonchev–Trinajstić information content (AvgIpc) is 2.76. The van der Waals surface area contributed by atoms with Crippen molar-refractivity contribution in [3.05, 3.63) is 87.9 Å². The molecule has 0 saturated carbocycles. The number of rotatable bonds is 8. The first-order chi connectivity index (χ1) is 14.8. The molecule has 9 heteroatoms. The van der Waals surface area contributed by atoms with Crippen LogP contribution in [0.5, 0.6) is 0 Å². The van der Waals surface area contributed by atoms with Crippen LogP contribution < -0.4 is 15.8 Å². The second-order valence-electron chi connectivity index (χ2n) is 6.63. The van der Waals surface area contributed by atoms with Crippen LogP contribution in [0.4, 0.5) is 11.4 Å². The molecule has 0 aliphatic rings. The summed E-state index contributed by atoms with van der Waals surface area (Å²) in [6.45, 7) is 0.514. The van der Waals surface area contributed by atoms with Crippen molar-refractivity contribution in [2.75, 3.05) is 17.6 Å². The molecule has 0 fully saturated rings. The van der Waals surface area contributed by atoms with Crippen molar-refractivity contribution in [1.29, 1.82) is 0 Å². The van der Waals surface area contributed by atoms with Gasteiger partial charge in [-0.2, -0.15) is 0 Å². The molecule has 0 radical (unpaired) electrons. The first-order valence-corrected chi connectivity index (χ1v) is 11.2. The van der Waals surface area contributed by atoms with Crippen molar-refractivity contribution in [3.8, 4) is 0 Å². The molecule has 3 aromatic rings. The van der Waals surface area contributed by atoms with E-state index in [1.54, 1.807) is 30.3 Å². The smallest absolute Gasteiger partial charge is 0.337 e. The van der Waals surface area contributed by atoms with Gasteiger partial charge in [0.25, 0.3) is 5.91 Å². The number of carboxylic acid groups (broad SMARTS) is 1. The minimum absolute atomic E-state index is 0.0225. The lowest BCUT2D eigenvalue weighted by atomic mass is 10.1. The fraction of sp³-hybridized carbons (Fsp3) is 0.0909. The summed E-state index contributed by atoms with van der Waals surface area (Å²) in [4.78, 5) is 24.4. The number of nitrogens with two attached hydrogens (primary N) is 1. The number of anilines is 2. The SMILES string of the molecule is Nc1ccc(CCNS(=O)c2ccc(C(=O)Nc3ccc(Br)cc3C(=O)O)cc2)cc1. The van der Waals surface area contributed by atoms with E-state index >= 15 is 0 Å². The Balaban J connectivity index is 1.59. The molecular formula is C22H20BrN3O4S. The zero-order valence-corrected chi connectivity index (χ0v) is 18.7. The number of nitrogen functional groups attached to an aromatic ring is 1. The Morgan fingerprint density at radius 1 is 1.00 bits per heavy atom. The maximum Gasteiger partial charge on any atom is 0.337 e. The summed E-state index contributed by atoms with van der Waals surface area (Å²) in [7, 11) is -1.42. The highest BCUT2D eigenvalue weighted by molar-refractivity contribution is 9.10. The number of halogens is 1. The number of carboxylic acids is 1. The number of hydrogen-bond acceptors (Lipinski definition) is 4. The van der Waals surface area contributed by atoms with Gasteiger partial charge in [-0.1, -0.05) is 28.1 Å². The maximum absolute atomic E-state index is 12.5. The first-order valence-electron chi connectivity index (χ1n) is 9.27. The van der Waals surface area contributed by atoms with Gasteiger partial charge in [0, 0.05) is 22.3 Å². The van der Waals surface area contributed by atoms with Crippen molar-refractivity contribution in [2.45, 2.75) is 11.3 Å². The lowest BCUT2D eigenvalue weighted by Crippen LogP contribution is -2.20. The summed E-state index contributed by atoms with van der Waals surface area (Å²) >= 11 is 3.22. The van der Waals surface area contributed by atoms with Gasteiger partial charge in [-0.3, -0.25) is 4.79 Å². The van der Waals surface area contributed by atoms with E-state index in [0.717, 1.165) is 5.56 Å². The summed E-state index contributed by atoms with van der Waals surface area (Å²) in [5, 5.41) is 11.9. The highest BCUT2D eigenvalue weighted by atomic mass is 79.9. The molecule has 31 heavy (non-hydrogen) atoms. The fourth-order valence-electron chi connectivity index (χ4n) is 2.78. The van der Waals surface area contributed by atoms with E-state index < -0.39 is 22.9 Å². The van der Waals surface area contributed by atoms with Crippen molar-refractivity contribution < 1.29 is 18.9 Å². The third-order valence-corrected chi connectivity index (χ3v) is 6.08. The number of aromatic carboxylic acids is 1. The predicted octanol–water partition coefficient (Wildman–Crippen LogP) is 3.84. The predicted molar refractivity (Wildman–Crippen MR) is 124 cm³/mol. The molecule has 0 heterocycles. The molecule has 0 aliphatic heterocycles. The molecule has 1 unspecified atom stereocenters. The third-order valence-electron chi connectivity index (χ3n) is 4.42. The standard InChI is InChI=1S/C22H20BrN3O4S/c23-16-5-10-20(19(13-16)22(28)29)26-21(27)15-3-8-18(9-4-15)31(30)25-12-11-14-1-6-17(24)7-2-14/h1-10,13,25H,11-12,24H2,(H,26,27)(H,28,29). The molecule has 3 aromatic carbocycles. The molecule has 0 bridgehead atoms. The van der Waals surface area contributed by atoms with Crippen LogP contribution in [0.3, 0.4) is 0 Å². The van der Waals surface area contributed by atoms with Gasteiger partial charge >= 0.3 is 5.97 Å². The van der Waals surface area contributed by atoms with Crippen LogP contribution in [0.2, 0.25) is 0 Å². The Kier molecular flexibility index (Phi) is 7.56. The largest absolute Gasteiger partial charge is 0.478 e. The van der Waals surface area contributed by atoms with Crippen LogP contribution in [-0.2, 0) is 17.4 Å². The van der Waals surface area contributed by atoms with Gasteiger partial charge in [-0.05, 0) is 66.6 Å². The Bertz CT molecular complexity index is 1120. The maximum atomic E-state index is 12.5. The summed E-state index contributed by atoms with van der Waals surface area (Å²) in [5.74, 6) is -1.61. The van der Waals surface area contributed by atoms with Gasteiger partial charge < -0.3 is 16.2 Å². The number of nitrogens with one attached hydrogen (secondary N) is 2. The average molecular weight is 502 g/mol. The number of carbonyl (C=O) groups is 2. The summed E-state index contributed by atoms with van der Waals surface area (Å²) in [6, 6.07) is 18.4. The summed E-state index contributed by atoms with van der Waals surface area (Å²) < 4.78 is 16.0. The molecule has 3 rings (SSSR count). The Labute approximate surface area is 190 Å². The van der Waals surface area contributed by atoms with Gasteiger partial charge in [0.15, 0.2) is 0 Å². The fourth-order valence-corrected chi connectivity index (χ4v) is 3.98. The van der Waals surface area contributed by atoms with Gasteiger partial charge in [0.2, 0.25) is 0 Å². The van der Waals surface area contributed by atoms with E-state index in [1.165, 1.54) is 12.1 Å². The van der Waals surface area contributed by atoms with Gasteiger partial charge in [-0.15, -0.1) is 0 Å². The van der Waals surface area contributed by atoms with E-state index in [9.17, 15) is 18.9 Å². The Morgan fingerprint density at radius 2 is 1.68 bits per heavy atom. The third kappa shape index (κ3) is 6.24. The lowest BCUT2D eigenvalue weighted by Gasteiger charge is -2.10. The zero-order valence-electron chi connectivity index (χ0n) is 16.3. The van der Waals surface area contributed by atoms with Crippen LogP contribution in [0.25, 0.3) is 0 Å². The molecule has 5 N–H and O–H groups in total. The molecule has 1 atom stereocenters. The second kappa shape index (κ2) is 10.3. The lowest BCUT2D eigenvalue weighted by molar-refractivity contribution is 0.0698. The molecule has 0 spiro atoms. The van der Waals surface area contributed by atoms with Crippen LogP contribution in [0, 0.1) is 0 Å². The molecule has 0 saturated heterocycles. The summed E-state index contributed by atoms with van der Waals surface area (Å²) in [6.07, 6.45) is 0.700. The van der Waals surface area contributed by atoms with Crippen molar-refractivity contribution >= 4 is 50.2 Å². The van der Waals surface area contributed by atoms with Crippen LogP contribution >= 0.6 is 15.9 Å². The Morgan fingerprint density at radius 3 is 2.32 bits per heavy atom. The van der Waals surface area contributed by atoms with Crippen LogP contribution in [0.1, 0.15) is 26.3 Å². The van der Waals surface area contributed by atoms with Crippen molar-refractivity contribution in [3.63, 3.8) is 0 Å². The van der Waals surface area contributed by atoms with Gasteiger partial charge in [-0.25, -0.2) is 13.7 Å². The number of amides is 1. The normalized spacial score (nSPS) is 11.6. The van der Waals surface area contributed by atoms with Gasteiger partial charge in [0.05, 0.1) is 16.1 Å². The molecule has 0 aliphatic carbocycles. The minimum atomic E-state index is -1.42. The van der Waals surface area contributed by atoms with Crippen LogP contribution in [-0.4, -0.2) is 27.7 Å². The highest BCUT2D eigenvalue weighted by Crippen LogP contribution is 2.22. The molecule has 1 amide bonds. The second-order valence-corrected chi connectivity index (χ2v) is 8.84. The number of benzene rings is 3. The van der Waals surface area contributed by atoms with E-state index in [-0.39, 0.29) is 11.3 Å². The Hall–Kier alpha value is -3.01. The molecule has 7 nitrogen and oxygen atoms in total. The van der Waals surface area contributed by atoms with E-state index in [4.69, 9.17) is 5.73 Å². The number of carbonyl (C=O) groups excluding carboxylic acids is 1.